The average molecular weight is 295 g/mol. The molecule has 0 aliphatic carbocycles. The molecule has 0 bridgehead atoms. The van der Waals surface area contributed by atoms with Crippen molar-refractivity contribution < 1.29 is 4.74 Å². The lowest BCUT2D eigenvalue weighted by atomic mass is 9.94. The summed E-state index contributed by atoms with van der Waals surface area (Å²) in [7, 11) is 0. The minimum atomic E-state index is -0.130. The Labute approximate surface area is 128 Å². The molecule has 1 aliphatic rings. The van der Waals surface area contributed by atoms with Crippen LogP contribution in [0.2, 0.25) is 0 Å². The van der Waals surface area contributed by atoms with E-state index in [0.717, 1.165) is 30.8 Å². The number of fused-ring (bicyclic) bond motifs is 2. The Morgan fingerprint density at radius 3 is 2.90 bits per heavy atom. The van der Waals surface area contributed by atoms with Crippen LogP contribution in [0.3, 0.4) is 0 Å². The van der Waals surface area contributed by atoms with Gasteiger partial charge in [0, 0.05) is 10.3 Å². The zero-order valence-electron chi connectivity index (χ0n) is 11.7. The average Bonchev–Trinajstić information content (AvgIpc) is 2.98. The number of ether oxygens (including phenoxy) is 1. The minimum Gasteiger partial charge on any atom is -0.493 e. The van der Waals surface area contributed by atoms with Gasteiger partial charge in [0.2, 0.25) is 0 Å². The third kappa shape index (κ3) is 2.13. The zero-order valence-corrected chi connectivity index (χ0v) is 12.5. The van der Waals surface area contributed by atoms with Gasteiger partial charge in [0.15, 0.2) is 0 Å². The molecule has 2 N–H and O–H groups in total. The number of benzene rings is 2. The van der Waals surface area contributed by atoms with Crippen molar-refractivity contribution in [2.75, 3.05) is 6.61 Å². The molecule has 2 nitrogen and oxygen atoms in total. The van der Waals surface area contributed by atoms with E-state index in [4.69, 9.17) is 10.5 Å². The SMILES string of the molecule is NC(c1cccc2c1OCCC2)c1csc2ccccc12. The summed E-state index contributed by atoms with van der Waals surface area (Å²) in [5.41, 5.74) is 10.2. The highest BCUT2D eigenvalue weighted by Gasteiger charge is 2.21. The van der Waals surface area contributed by atoms with Gasteiger partial charge in [-0.05, 0) is 40.8 Å². The standard InChI is InChI=1S/C18H17NOS/c19-17(15-11-21-16-9-2-1-7-13(15)16)14-8-3-5-12-6-4-10-20-18(12)14/h1-3,5,7-9,11,17H,4,6,10,19H2. The first kappa shape index (κ1) is 12.9. The van der Waals surface area contributed by atoms with Crippen LogP contribution in [0.25, 0.3) is 10.1 Å². The van der Waals surface area contributed by atoms with Crippen LogP contribution >= 0.6 is 11.3 Å². The maximum atomic E-state index is 6.58. The topological polar surface area (TPSA) is 35.2 Å². The molecule has 0 saturated heterocycles. The van der Waals surface area contributed by atoms with Crippen LogP contribution in [-0.4, -0.2) is 6.61 Å². The van der Waals surface area contributed by atoms with Crippen LogP contribution in [-0.2, 0) is 6.42 Å². The van der Waals surface area contributed by atoms with E-state index in [1.165, 1.54) is 21.2 Å². The molecule has 3 aromatic rings. The second-order valence-electron chi connectivity index (χ2n) is 5.45. The number of para-hydroxylation sites is 1. The zero-order chi connectivity index (χ0) is 14.2. The van der Waals surface area contributed by atoms with Crippen LogP contribution in [0.1, 0.15) is 29.2 Å². The highest BCUT2D eigenvalue weighted by Crippen LogP contribution is 2.38. The number of aryl methyl sites for hydroxylation is 1. The Kier molecular flexibility index (Phi) is 3.17. The first-order valence-corrected chi connectivity index (χ1v) is 8.19. The molecule has 0 fully saturated rings. The molecule has 1 aromatic heterocycles. The van der Waals surface area contributed by atoms with Crippen molar-refractivity contribution >= 4 is 21.4 Å². The van der Waals surface area contributed by atoms with Gasteiger partial charge in [-0.15, -0.1) is 11.3 Å². The normalized spacial score (nSPS) is 15.5. The Hall–Kier alpha value is -1.84. The molecule has 0 spiro atoms. The van der Waals surface area contributed by atoms with E-state index in [2.05, 4.69) is 47.8 Å². The fraction of sp³-hybridized carbons (Fsp3) is 0.222. The molecule has 0 saturated carbocycles. The summed E-state index contributed by atoms with van der Waals surface area (Å²) in [6.07, 6.45) is 2.17. The van der Waals surface area contributed by atoms with E-state index in [9.17, 15) is 0 Å². The lowest BCUT2D eigenvalue weighted by Gasteiger charge is -2.23. The van der Waals surface area contributed by atoms with Gasteiger partial charge in [-0.3, -0.25) is 0 Å². The van der Waals surface area contributed by atoms with E-state index in [1.54, 1.807) is 11.3 Å². The smallest absolute Gasteiger partial charge is 0.127 e. The second kappa shape index (κ2) is 5.17. The molecule has 2 heterocycles. The van der Waals surface area contributed by atoms with E-state index >= 15 is 0 Å². The van der Waals surface area contributed by atoms with Gasteiger partial charge < -0.3 is 10.5 Å². The molecule has 0 radical (unpaired) electrons. The van der Waals surface area contributed by atoms with E-state index in [1.807, 2.05) is 0 Å². The molecule has 4 rings (SSSR count). The number of nitrogens with two attached hydrogens (primary N) is 1. The monoisotopic (exact) mass is 295 g/mol. The van der Waals surface area contributed by atoms with Crippen molar-refractivity contribution in [1.82, 2.24) is 0 Å². The maximum Gasteiger partial charge on any atom is 0.127 e. The first-order valence-electron chi connectivity index (χ1n) is 7.31. The highest BCUT2D eigenvalue weighted by atomic mass is 32.1. The fourth-order valence-corrected chi connectivity index (χ4v) is 4.06. The first-order chi connectivity index (χ1) is 10.3. The highest BCUT2D eigenvalue weighted by molar-refractivity contribution is 7.17. The van der Waals surface area contributed by atoms with Crippen molar-refractivity contribution in [3.8, 4) is 5.75 Å². The van der Waals surface area contributed by atoms with E-state index < -0.39 is 0 Å². The maximum absolute atomic E-state index is 6.58. The summed E-state index contributed by atoms with van der Waals surface area (Å²) in [6, 6.07) is 14.7. The van der Waals surface area contributed by atoms with Gasteiger partial charge in [-0.25, -0.2) is 0 Å². The number of hydrogen-bond acceptors (Lipinski definition) is 3. The molecule has 106 valence electrons. The van der Waals surface area contributed by atoms with Gasteiger partial charge in [0.1, 0.15) is 5.75 Å². The van der Waals surface area contributed by atoms with Crippen LogP contribution in [0.15, 0.2) is 47.8 Å². The van der Waals surface area contributed by atoms with Crippen molar-refractivity contribution in [2.24, 2.45) is 5.73 Å². The molecule has 0 amide bonds. The van der Waals surface area contributed by atoms with E-state index in [0.29, 0.717) is 0 Å². The van der Waals surface area contributed by atoms with Gasteiger partial charge in [0.25, 0.3) is 0 Å². The second-order valence-corrected chi connectivity index (χ2v) is 6.36. The third-order valence-electron chi connectivity index (χ3n) is 4.14. The predicted molar refractivity (Wildman–Crippen MR) is 88.1 cm³/mol. The fourth-order valence-electron chi connectivity index (χ4n) is 3.07. The summed E-state index contributed by atoms with van der Waals surface area (Å²) in [4.78, 5) is 0. The molecular weight excluding hydrogens is 278 g/mol. The molecule has 1 aliphatic heterocycles. The summed E-state index contributed by atoms with van der Waals surface area (Å²) < 4.78 is 7.20. The van der Waals surface area contributed by atoms with Crippen LogP contribution in [0.5, 0.6) is 5.75 Å². The molecular formula is C18H17NOS. The van der Waals surface area contributed by atoms with Crippen molar-refractivity contribution in [1.29, 1.82) is 0 Å². The molecule has 3 heteroatoms. The van der Waals surface area contributed by atoms with Gasteiger partial charge >= 0.3 is 0 Å². The van der Waals surface area contributed by atoms with E-state index in [-0.39, 0.29) is 6.04 Å². The Balaban J connectivity index is 1.83. The summed E-state index contributed by atoms with van der Waals surface area (Å²) in [6.45, 7) is 0.793. The van der Waals surface area contributed by atoms with Crippen LogP contribution in [0, 0.1) is 0 Å². The summed E-state index contributed by atoms with van der Waals surface area (Å²) in [5.74, 6) is 1.01. The Bertz CT molecular complexity index is 793. The largest absolute Gasteiger partial charge is 0.493 e. The lowest BCUT2D eigenvalue weighted by Crippen LogP contribution is -2.17. The number of rotatable bonds is 2. The summed E-state index contributed by atoms with van der Waals surface area (Å²) in [5, 5.41) is 3.43. The van der Waals surface area contributed by atoms with Crippen molar-refractivity contribution in [3.63, 3.8) is 0 Å². The van der Waals surface area contributed by atoms with Crippen molar-refractivity contribution in [3.05, 3.63) is 64.5 Å². The molecule has 1 atom stereocenters. The minimum absolute atomic E-state index is 0.130. The quantitative estimate of drug-likeness (QED) is 0.766. The summed E-state index contributed by atoms with van der Waals surface area (Å²) >= 11 is 1.75. The Morgan fingerprint density at radius 1 is 1.05 bits per heavy atom. The lowest BCUT2D eigenvalue weighted by molar-refractivity contribution is 0.284. The number of thiophene rings is 1. The molecule has 1 unspecified atom stereocenters. The predicted octanol–water partition coefficient (Wildman–Crippen LogP) is 4.27. The Morgan fingerprint density at radius 2 is 1.95 bits per heavy atom. The third-order valence-corrected chi connectivity index (χ3v) is 5.13. The van der Waals surface area contributed by atoms with Gasteiger partial charge in [0.05, 0.1) is 12.6 Å². The van der Waals surface area contributed by atoms with Crippen molar-refractivity contribution in [2.45, 2.75) is 18.9 Å². The van der Waals surface area contributed by atoms with Crippen LogP contribution in [0.4, 0.5) is 0 Å². The van der Waals surface area contributed by atoms with Gasteiger partial charge in [-0.1, -0.05) is 36.4 Å². The van der Waals surface area contributed by atoms with Crippen LogP contribution < -0.4 is 10.5 Å². The molecule has 21 heavy (non-hydrogen) atoms. The number of hydrogen-bond donors (Lipinski definition) is 1. The molecule has 2 aromatic carbocycles. The van der Waals surface area contributed by atoms with Gasteiger partial charge in [-0.2, -0.15) is 0 Å².